The molecule has 0 fully saturated rings. The Morgan fingerprint density at radius 1 is 0.692 bits per heavy atom. The molecule has 0 spiro atoms. The number of halogens is 2. The van der Waals surface area contributed by atoms with Crippen molar-refractivity contribution < 1.29 is 25.6 Å². The Labute approximate surface area is 110 Å². The fraction of sp³-hybridized carbons (Fsp3) is 0.667. The predicted molar refractivity (Wildman–Crippen MR) is 59.7 cm³/mol. The van der Waals surface area contributed by atoms with Crippen LogP contribution in [0, 0.1) is 19.3 Å². The molecular weight excluding hydrogens is 243 g/mol. The first-order chi connectivity index (χ1) is 5.66. The van der Waals surface area contributed by atoms with E-state index in [1.54, 1.807) is 0 Å². The van der Waals surface area contributed by atoms with Gasteiger partial charge in [0.05, 0.1) is 23.7 Å². The van der Waals surface area contributed by atoms with Crippen LogP contribution in [0.5, 0.6) is 0 Å². The SMILES string of the molecule is C[CH-]C.C[CH-]C.C[CH-]C.ClOCl.[Ti+3]. The van der Waals surface area contributed by atoms with Crippen molar-refractivity contribution in [2.75, 3.05) is 0 Å². The van der Waals surface area contributed by atoms with E-state index in [4.69, 9.17) is 0 Å². The van der Waals surface area contributed by atoms with Crippen molar-refractivity contribution in [2.24, 2.45) is 0 Å². The molecule has 0 unspecified atom stereocenters. The van der Waals surface area contributed by atoms with Crippen LogP contribution in [0.15, 0.2) is 0 Å². The zero-order valence-corrected chi connectivity index (χ0v) is 12.5. The van der Waals surface area contributed by atoms with E-state index < -0.39 is 0 Å². The molecule has 0 aromatic carbocycles. The molecule has 0 aromatic rings. The molecule has 0 N–H and O–H groups in total. The first-order valence-corrected chi connectivity index (χ1v) is 4.39. The maximum atomic E-state index is 4.26. The first kappa shape index (κ1) is 29.2. The van der Waals surface area contributed by atoms with E-state index in [0.29, 0.717) is 0 Å². The molecule has 0 aliphatic heterocycles. The molecule has 0 heterocycles. The second kappa shape index (κ2) is 72.1. The quantitative estimate of drug-likeness (QED) is 0.442. The molecule has 0 rings (SSSR count). The monoisotopic (exact) mass is 263 g/mol. The minimum Gasteiger partial charge on any atom is -0.335 e. The summed E-state index contributed by atoms with van der Waals surface area (Å²) in [7, 11) is 0. The molecule has 1 nitrogen and oxygen atoms in total. The van der Waals surface area contributed by atoms with Crippen molar-refractivity contribution in [3.63, 3.8) is 0 Å². The molecule has 1 radical (unpaired) electrons. The van der Waals surface area contributed by atoms with Crippen LogP contribution in [0.25, 0.3) is 0 Å². The first-order valence-electron chi connectivity index (χ1n) is 3.77. The van der Waals surface area contributed by atoms with Crippen molar-refractivity contribution in [3.05, 3.63) is 19.3 Å². The van der Waals surface area contributed by atoms with Crippen molar-refractivity contribution >= 4 is 23.7 Å². The Kier molecular flexibility index (Phi) is 162. The van der Waals surface area contributed by atoms with E-state index in [1.807, 2.05) is 60.8 Å². The minimum absolute atomic E-state index is 0. The van der Waals surface area contributed by atoms with Gasteiger partial charge in [-0.2, -0.15) is 45.4 Å². The van der Waals surface area contributed by atoms with E-state index in [0.717, 1.165) is 0 Å². The molecule has 0 aliphatic carbocycles. The van der Waals surface area contributed by atoms with Gasteiger partial charge in [-0.05, 0) is 0 Å². The van der Waals surface area contributed by atoms with Crippen LogP contribution in [-0.2, 0) is 25.6 Å². The van der Waals surface area contributed by atoms with Crippen LogP contribution < -0.4 is 0 Å². The van der Waals surface area contributed by atoms with Gasteiger partial charge in [0, 0.05) is 0 Å². The average Bonchev–Trinajstić information content (AvgIpc) is 1.92. The third kappa shape index (κ3) is 1070. The summed E-state index contributed by atoms with van der Waals surface area (Å²) in [5.41, 5.74) is 0. The number of rotatable bonds is 0. The van der Waals surface area contributed by atoms with Gasteiger partial charge in [-0.25, -0.2) is 0 Å². The van der Waals surface area contributed by atoms with Gasteiger partial charge in [-0.3, -0.25) is 0 Å². The van der Waals surface area contributed by atoms with Crippen LogP contribution in [0.3, 0.4) is 0 Å². The Morgan fingerprint density at radius 3 is 0.692 bits per heavy atom. The molecule has 0 saturated carbocycles. The van der Waals surface area contributed by atoms with E-state index in [-0.39, 0.29) is 21.7 Å². The van der Waals surface area contributed by atoms with Gasteiger partial charge in [-0.15, -0.1) is 0 Å². The standard InChI is InChI=1S/3C3H7.Cl2O.Ti/c4*1-3-2;/h3*3H,1-2H3;;/q3*-1;;+3. The van der Waals surface area contributed by atoms with Gasteiger partial charge in [0.1, 0.15) is 0 Å². The molecule has 0 aromatic heterocycles. The van der Waals surface area contributed by atoms with Crippen molar-refractivity contribution in [3.8, 4) is 0 Å². The Hall–Kier alpha value is 1.25. The topological polar surface area (TPSA) is 9.23 Å². The van der Waals surface area contributed by atoms with Crippen LogP contribution in [-0.4, -0.2) is 0 Å². The van der Waals surface area contributed by atoms with Crippen LogP contribution >= 0.6 is 23.7 Å². The summed E-state index contributed by atoms with van der Waals surface area (Å²) < 4.78 is 3.19. The maximum Gasteiger partial charge on any atom is 3.00 e. The average molecular weight is 264 g/mol. The largest absolute Gasteiger partial charge is 3.00 e. The summed E-state index contributed by atoms with van der Waals surface area (Å²) in [5.74, 6) is 0. The summed E-state index contributed by atoms with van der Waals surface area (Å²) in [5, 5.41) is 0. The summed E-state index contributed by atoms with van der Waals surface area (Å²) in [4.78, 5) is 0. The van der Waals surface area contributed by atoms with E-state index in [1.165, 1.54) is 0 Å². The molecule has 0 bridgehead atoms. The zero-order chi connectivity index (χ0) is 10.8. The predicted octanol–water partition coefficient (Wildman–Crippen LogP) is 5.00. The fourth-order valence-corrected chi connectivity index (χ4v) is 0. The number of hydrogen-bond acceptors (Lipinski definition) is 1. The summed E-state index contributed by atoms with van der Waals surface area (Å²) in [6.07, 6.45) is 6.00. The smallest absolute Gasteiger partial charge is 0.335 e. The molecule has 0 aliphatic rings. The Morgan fingerprint density at radius 2 is 0.692 bits per heavy atom. The molecule has 4 heteroatoms. The Bertz CT molecular complexity index is 25.6. The van der Waals surface area contributed by atoms with Gasteiger partial charge in [0.25, 0.3) is 0 Å². The van der Waals surface area contributed by atoms with E-state index in [2.05, 4.69) is 27.6 Å². The second-order valence-corrected chi connectivity index (χ2v) is 2.26. The van der Waals surface area contributed by atoms with Crippen molar-refractivity contribution in [2.45, 2.75) is 41.5 Å². The zero-order valence-electron chi connectivity index (χ0n) is 9.40. The fourth-order valence-electron chi connectivity index (χ4n) is 0. The van der Waals surface area contributed by atoms with Crippen molar-refractivity contribution in [1.29, 1.82) is 0 Å². The molecule has 81 valence electrons. The summed E-state index contributed by atoms with van der Waals surface area (Å²) >= 11 is 8.53. The third-order valence-electron chi connectivity index (χ3n) is 0. The molecule has 13 heavy (non-hydrogen) atoms. The molecule has 0 saturated heterocycles. The molecule has 0 atom stereocenters. The van der Waals surface area contributed by atoms with Crippen LogP contribution in [0.2, 0.25) is 0 Å². The normalized spacial score (nSPS) is 5.54. The van der Waals surface area contributed by atoms with Gasteiger partial charge in [-0.1, -0.05) is 0 Å². The molecular formula is C9H21Cl2OTi. The van der Waals surface area contributed by atoms with Gasteiger partial charge >= 0.3 is 21.7 Å². The summed E-state index contributed by atoms with van der Waals surface area (Å²) in [6.45, 7) is 12.0. The van der Waals surface area contributed by atoms with Gasteiger partial charge in [0.2, 0.25) is 0 Å². The minimum atomic E-state index is 0. The van der Waals surface area contributed by atoms with E-state index in [9.17, 15) is 0 Å². The number of hydrogen-bond donors (Lipinski definition) is 0. The van der Waals surface area contributed by atoms with Crippen molar-refractivity contribution in [1.82, 2.24) is 0 Å². The molecule has 0 amide bonds. The van der Waals surface area contributed by atoms with Crippen LogP contribution in [0.1, 0.15) is 41.5 Å². The van der Waals surface area contributed by atoms with Gasteiger partial charge < -0.3 is 19.3 Å². The summed E-state index contributed by atoms with van der Waals surface area (Å²) in [6, 6.07) is 0. The maximum absolute atomic E-state index is 4.26. The van der Waals surface area contributed by atoms with E-state index >= 15 is 0 Å². The third-order valence-corrected chi connectivity index (χ3v) is 0. The van der Waals surface area contributed by atoms with Gasteiger partial charge in [0.15, 0.2) is 0 Å². The second-order valence-electron chi connectivity index (χ2n) is 1.79. The van der Waals surface area contributed by atoms with Crippen LogP contribution in [0.4, 0.5) is 0 Å². The Balaban J connectivity index is -0.0000000213.